The van der Waals surface area contributed by atoms with Gasteiger partial charge >= 0.3 is 0 Å². The molecule has 0 spiro atoms. The van der Waals surface area contributed by atoms with Crippen molar-refractivity contribution in [3.8, 4) is 0 Å². The molecule has 0 aliphatic heterocycles. The number of carbonyl (C=O) groups is 1. The predicted octanol–water partition coefficient (Wildman–Crippen LogP) is 0.984. The highest BCUT2D eigenvalue weighted by molar-refractivity contribution is 5.81. The monoisotopic (exact) mass is 217 g/mol. The second-order valence-corrected chi connectivity index (χ2v) is 3.78. The van der Waals surface area contributed by atoms with Crippen LogP contribution in [0.4, 0.5) is 0 Å². The number of hydrogen-bond donors (Lipinski definition) is 1. The molecule has 0 fully saturated rings. The minimum Gasteiger partial charge on any atom is -0.380 e. The molecule has 0 rings (SSSR count). The van der Waals surface area contributed by atoms with Gasteiger partial charge in [0.2, 0.25) is 0 Å². The molecule has 90 valence electrons. The summed E-state index contributed by atoms with van der Waals surface area (Å²) in [6.07, 6.45) is 1.88. The van der Waals surface area contributed by atoms with E-state index < -0.39 is 0 Å². The molecule has 0 unspecified atom stereocenters. The molecule has 0 bridgehead atoms. The number of carbonyl (C=O) groups excluding carboxylic acids is 1. The Morgan fingerprint density at radius 2 is 1.73 bits per heavy atom. The van der Waals surface area contributed by atoms with E-state index in [1.54, 1.807) is 0 Å². The Bertz CT molecular complexity index is 160. The van der Waals surface area contributed by atoms with Crippen molar-refractivity contribution in [1.82, 2.24) is 0 Å². The smallest absolute Gasteiger partial charge is 0.160 e. The molecule has 2 N–H and O–H groups in total. The Labute approximate surface area is 92.1 Å². The summed E-state index contributed by atoms with van der Waals surface area (Å²) in [5.74, 6) is 0.229. The number of rotatable bonds is 10. The topological polar surface area (TPSA) is 61.5 Å². The van der Waals surface area contributed by atoms with Crippen molar-refractivity contribution in [2.45, 2.75) is 26.7 Å². The maximum atomic E-state index is 11.2. The van der Waals surface area contributed by atoms with Crippen LogP contribution in [0.1, 0.15) is 26.7 Å². The maximum absolute atomic E-state index is 11.2. The standard InChI is InChI=1S/C11H23NO3/c1-10(2)11(13)9-15-7-4-3-6-14-8-5-12/h10H,3-9,12H2,1-2H3. The minimum atomic E-state index is 0.0675. The summed E-state index contributed by atoms with van der Waals surface area (Å²) in [7, 11) is 0. The fourth-order valence-electron chi connectivity index (χ4n) is 0.933. The molecular weight excluding hydrogens is 194 g/mol. The number of nitrogens with two attached hydrogens (primary N) is 1. The van der Waals surface area contributed by atoms with Gasteiger partial charge in [0.15, 0.2) is 5.78 Å². The summed E-state index contributed by atoms with van der Waals surface area (Å²) in [6.45, 7) is 6.54. The van der Waals surface area contributed by atoms with Crippen LogP contribution >= 0.6 is 0 Å². The van der Waals surface area contributed by atoms with Crippen LogP contribution in [0.25, 0.3) is 0 Å². The predicted molar refractivity (Wildman–Crippen MR) is 59.8 cm³/mol. The van der Waals surface area contributed by atoms with Crippen molar-refractivity contribution in [3.63, 3.8) is 0 Å². The van der Waals surface area contributed by atoms with Gasteiger partial charge in [-0.25, -0.2) is 0 Å². The lowest BCUT2D eigenvalue weighted by molar-refractivity contribution is -0.126. The lowest BCUT2D eigenvalue weighted by Gasteiger charge is -2.06. The molecule has 0 saturated carbocycles. The fourth-order valence-corrected chi connectivity index (χ4v) is 0.933. The van der Waals surface area contributed by atoms with Crippen molar-refractivity contribution in [2.24, 2.45) is 11.7 Å². The number of ketones is 1. The van der Waals surface area contributed by atoms with E-state index in [0.29, 0.717) is 19.8 Å². The van der Waals surface area contributed by atoms with E-state index in [9.17, 15) is 4.79 Å². The van der Waals surface area contributed by atoms with Crippen molar-refractivity contribution >= 4 is 5.78 Å². The lowest BCUT2D eigenvalue weighted by Crippen LogP contribution is -2.15. The van der Waals surface area contributed by atoms with Gasteiger partial charge < -0.3 is 15.2 Å². The molecular formula is C11H23NO3. The van der Waals surface area contributed by atoms with Crippen LogP contribution in [0.2, 0.25) is 0 Å². The third-order valence-corrected chi connectivity index (χ3v) is 1.98. The average Bonchev–Trinajstić information content (AvgIpc) is 2.21. The quantitative estimate of drug-likeness (QED) is 0.554. The van der Waals surface area contributed by atoms with Gasteiger partial charge in [-0.15, -0.1) is 0 Å². The highest BCUT2D eigenvalue weighted by atomic mass is 16.5. The summed E-state index contributed by atoms with van der Waals surface area (Å²) in [5, 5.41) is 0. The van der Waals surface area contributed by atoms with E-state index in [-0.39, 0.29) is 18.3 Å². The number of ether oxygens (including phenoxy) is 2. The zero-order valence-corrected chi connectivity index (χ0v) is 9.83. The third kappa shape index (κ3) is 9.85. The minimum absolute atomic E-state index is 0.0675. The van der Waals surface area contributed by atoms with Gasteiger partial charge in [0.1, 0.15) is 6.61 Å². The molecule has 4 heteroatoms. The first-order valence-corrected chi connectivity index (χ1v) is 5.56. The average molecular weight is 217 g/mol. The summed E-state index contributed by atoms with van der Waals surface area (Å²) < 4.78 is 10.4. The molecule has 0 aromatic carbocycles. The first-order chi connectivity index (χ1) is 7.18. The van der Waals surface area contributed by atoms with Gasteiger partial charge in [0.25, 0.3) is 0 Å². The molecule has 0 radical (unpaired) electrons. The van der Waals surface area contributed by atoms with E-state index in [0.717, 1.165) is 19.4 Å². The summed E-state index contributed by atoms with van der Waals surface area (Å²) in [5.41, 5.74) is 5.27. The van der Waals surface area contributed by atoms with Crippen LogP contribution in [0.15, 0.2) is 0 Å². The normalized spacial score (nSPS) is 10.9. The van der Waals surface area contributed by atoms with Crippen LogP contribution in [-0.2, 0) is 14.3 Å². The third-order valence-electron chi connectivity index (χ3n) is 1.98. The van der Waals surface area contributed by atoms with Gasteiger partial charge in [0, 0.05) is 25.7 Å². The van der Waals surface area contributed by atoms with E-state index in [4.69, 9.17) is 15.2 Å². The van der Waals surface area contributed by atoms with Crippen molar-refractivity contribution in [1.29, 1.82) is 0 Å². The number of unbranched alkanes of at least 4 members (excludes halogenated alkanes) is 1. The van der Waals surface area contributed by atoms with Gasteiger partial charge in [-0.05, 0) is 12.8 Å². The molecule has 4 nitrogen and oxygen atoms in total. The van der Waals surface area contributed by atoms with Crippen LogP contribution < -0.4 is 5.73 Å². The zero-order valence-electron chi connectivity index (χ0n) is 9.83. The fraction of sp³-hybridized carbons (Fsp3) is 0.909. The van der Waals surface area contributed by atoms with Gasteiger partial charge in [-0.1, -0.05) is 13.8 Å². The lowest BCUT2D eigenvalue weighted by atomic mass is 10.1. The van der Waals surface area contributed by atoms with Gasteiger partial charge in [-0.3, -0.25) is 4.79 Å². The summed E-state index contributed by atoms with van der Waals surface area (Å²) in [4.78, 5) is 11.2. The maximum Gasteiger partial charge on any atom is 0.160 e. The van der Waals surface area contributed by atoms with Crippen LogP contribution in [-0.4, -0.2) is 38.8 Å². The Morgan fingerprint density at radius 3 is 2.27 bits per heavy atom. The van der Waals surface area contributed by atoms with Crippen molar-refractivity contribution in [3.05, 3.63) is 0 Å². The molecule has 0 aromatic heterocycles. The molecule has 0 aliphatic carbocycles. The molecule has 0 aromatic rings. The van der Waals surface area contributed by atoms with Gasteiger partial charge in [-0.2, -0.15) is 0 Å². The largest absolute Gasteiger partial charge is 0.380 e. The van der Waals surface area contributed by atoms with Crippen molar-refractivity contribution < 1.29 is 14.3 Å². The first-order valence-electron chi connectivity index (χ1n) is 5.56. The molecule has 0 aliphatic rings. The second kappa shape index (κ2) is 10.1. The molecule has 0 amide bonds. The van der Waals surface area contributed by atoms with E-state index >= 15 is 0 Å². The first kappa shape index (κ1) is 14.6. The van der Waals surface area contributed by atoms with E-state index in [1.807, 2.05) is 13.8 Å². The highest BCUT2D eigenvalue weighted by Gasteiger charge is 2.05. The number of hydrogen-bond acceptors (Lipinski definition) is 4. The number of Topliss-reactive ketones (excluding diaryl/α,β-unsaturated/α-hetero) is 1. The van der Waals surface area contributed by atoms with Crippen LogP contribution in [0.5, 0.6) is 0 Å². The van der Waals surface area contributed by atoms with E-state index in [2.05, 4.69) is 0 Å². The molecule has 0 heterocycles. The SMILES string of the molecule is CC(C)C(=O)COCCCCOCCN. The Kier molecular flexibility index (Phi) is 9.78. The van der Waals surface area contributed by atoms with Gasteiger partial charge in [0.05, 0.1) is 6.61 Å². The van der Waals surface area contributed by atoms with E-state index in [1.165, 1.54) is 0 Å². The highest BCUT2D eigenvalue weighted by Crippen LogP contribution is 1.96. The molecule has 0 saturated heterocycles. The van der Waals surface area contributed by atoms with Crippen molar-refractivity contribution in [2.75, 3.05) is 33.0 Å². The van der Waals surface area contributed by atoms with Crippen LogP contribution in [0.3, 0.4) is 0 Å². The summed E-state index contributed by atoms with van der Waals surface area (Å²) >= 11 is 0. The van der Waals surface area contributed by atoms with Crippen LogP contribution in [0, 0.1) is 5.92 Å². The molecule has 0 atom stereocenters. The second-order valence-electron chi connectivity index (χ2n) is 3.78. The summed E-state index contributed by atoms with van der Waals surface area (Å²) in [6, 6.07) is 0. The Morgan fingerprint density at radius 1 is 1.13 bits per heavy atom. The molecule has 15 heavy (non-hydrogen) atoms. The Balaban J connectivity index is 3.08. The Hall–Kier alpha value is -0.450. The zero-order chi connectivity index (χ0) is 11.5.